The summed E-state index contributed by atoms with van der Waals surface area (Å²) in [5, 5.41) is 10.6. The molecule has 2 rings (SSSR count). The maximum Gasteiger partial charge on any atom is 0.0705 e. The molecule has 0 aliphatic heterocycles. The minimum atomic E-state index is -0.462. The van der Waals surface area contributed by atoms with Gasteiger partial charge in [0.15, 0.2) is 0 Å². The highest BCUT2D eigenvalue weighted by atomic mass is 16.3. The van der Waals surface area contributed by atoms with Crippen LogP contribution in [0.15, 0.2) is 30.3 Å². The van der Waals surface area contributed by atoms with Crippen LogP contribution in [0.2, 0.25) is 0 Å². The van der Waals surface area contributed by atoms with Crippen LogP contribution in [0.3, 0.4) is 0 Å². The van der Waals surface area contributed by atoms with Gasteiger partial charge in [-0.2, -0.15) is 0 Å². The number of hydrogen-bond donors (Lipinski definition) is 2. The smallest absolute Gasteiger partial charge is 0.0705 e. The Hall–Kier alpha value is -1.45. The lowest BCUT2D eigenvalue weighted by Crippen LogP contribution is -2.21. The van der Waals surface area contributed by atoms with Crippen molar-refractivity contribution < 1.29 is 5.11 Å². The Balaban J connectivity index is 2.33. The SMILES string of the molecule is Cc1ccc2cc(CC(O)CN)ccc2n1. The van der Waals surface area contributed by atoms with Crippen LogP contribution in [-0.2, 0) is 6.42 Å². The van der Waals surface area contributed by atoms with Crippen molar-refractivity contribution in [3.8, 4) is 0 Å². The molecule has 1 unspecified atom stereocenters. The van der Waals surface area contributed by atoms with E-state index in [-0.39, 0.29) is 0 Å². The fourth-order valence-corrected chi connectivity index (χ4v) is 1.76. The van der Waals surface area contributed by atoms with E-state index in [0.29, 0.717) is 13.0 Å². The van der Waals surface area contributed by atoms with E-state index in [2.05, 4.69) is 17.1 Å². The number of aliphatic hydroxyl groups excluding tert-OH is 1. The molecule has 0 spiro atoms. The van der Waals surface area contributed by atoms with Gasteiger partial charge in [-0.15, -0.1) is 0 Å². The highest BCUT2D eigenvalue weighted by molar-refractivity contribution is 5.79. The predicted octanol–water partition coefficient (Wildman–Crippen LogP) is 1.41. The van der Waals surface area contributed by atoms with Crippen molar-refractivity contribution in [1.82, 2.24) is 4.98 Å². The lowest BCUT2D eigenvalue weighted by atomic mass is 10.0. The summed E-state index contributed by atoms with van der Waals surface area (Å²) in [6, 6.07) is 10.1. The Kier molecular flexibility index (Phi) is 3.17. The van der Waals surface area contributed by atoms with Gasteiger partial charge in [0.2, 0.25) is 0 Å². The summed E-state index contributed by atoms with van der Waals surface area (Å²) in [6.45, 7) is 2.27. The Labute approximate surface area is 94.9 Å². The normalized spacial score (nSPS) is 12.9. The molecule has 0 radical (unpaired) electrons. The lowest BCUT2D eigenvalue weighted by Gasteiger charge is -2.08. The first-order valence-electron chi connectivity index (χ1n) is 5.43. The predicted molar refractivity (Wildman–Crippen MR) is 65.2 cm³/mol. The molecular formula is C13H16N2O. The lowest BCUT2D eigenvalue weighted by molar-refractivity contribution is 0.183. The number of nitrogens with zero attached hydrogens (tertiary/aromatic N) is 1. The first kappa shape index (κ1) is 11.0. The van der Waals surface area contributed by atoms with E-state index in [9.17, 15) is 5.11 Å². The minimum Gasteiger partial charge on any atom is -0.391 e. The second kappa shape index (κ2) is 4.60. The zero-order chi connectivity index (χ0) is 11.5. The standard InChI is InChI=1S/C13H16N2O/c1-9-2-4-11-6-10(7-12(16)8-14)3-5-13(11)15-9/h2-6,12,16H,7-8,14H2,1H3. The van der Waals surface area contributed by atoms with E-state index in [1.807, 2.05) is 25.1 Å². The van der Waals surface area contributed by atoms with Crippen LogP contribution < -0.4 is 5.73 Å². The molecule has 0 saturated carbocycles. The summed E-state index contributed by atoms with van der Waals surface area (Å²) in [5.41, 5.74) is 8.49. The van der Waals surface area contributed by atoms with E-state index >= 15 is 0 Å². The molecule has 2 aromatic rings. The molecule has 3 nitrogen and oxygen atoms in total. The number of nitrogens with two attached hydrogens (primary N) is 1. The number of fused-ring (bicyclic) bond motifs is 1. The molecule has 0 aliphatic rings. The van der Waals surface area contributed by atoms with Gasteiger partial charge in [-0.05, 0) is 37.1 Å². The van der Waals surface area contributed by atoms with E-state index in [1.165, 1.54) is 0 Å². The number of rotatable bonds is 3. The van der Waals surface area contributed by atoms with E-state index in [4.69, 9.17) is 5.73 Å². The van der Waals surface area contributed by atoms with Gasteiger partial charge in [-0.3, -0.25) is 4.98 Å². The second-order valence-corrected chi connectivity index (χ2v) is 4.07. The van der Waals surface area contributed by atoms with Crippen LogP contribution in [0.4, 0.5) is 0 Å². The summed E-state index contributed by atoms with van der Waals surface area (Å²) in [7, 11) is 0. The quantitative estimate of drug-likeness (QED) is 0.815. The molecule has 84 valence electrons. The third kappa shape index (κ3) is 2.38. The molecular weight excluding hydrogens is 200 g/mol. The van der Waals surface area contributed by atoms with Gasteiger partial charge in [-0.1, -0.05) is 12.1 Å². The number of aryl methyl sites for hydroxylation is 1. The topological polar surface area (TPSA) is 59.1 Å². The van der Waals surface area contributed by atoms with Crippen molar-refractivity contribution in [2.45, 2.75) is 19.4 Å². The first-order valence-corrected chi connectivity index (χ1v) is 5.43. The molecule has 16 heavy (non-hydrogen) atoms. The van der Waals surface area contributed by atoms with Gasteiger partial charge in [0.25, 0.3) is 0 Å². The molecule has 0 bridgehead atoms. The maximum absolute atomic E-state index is 9.49. The van der Waals surface area contributed by atoms with Crippen molar-refractivity contribution in [2.75, 3.05) is 6.54 Å². The molecule has 0 amide bonds. The molecule has 3 heteroatoms. The molecule has 1 atom stereocenters. The third-order valence-electron chi connectivity index (χ3n) is 2.64. The molecule has 0 aliphatic carbocycles. The number of pyridine rings is 1. The van der Waals surface area contributed by atoms with Crippen LogP contribution >= 0.6 is 0 Å². The average Bonchev–Trinajstić information content (AvgIpc) is 2.29. The van der Waals surface area contributed by atoms with Gasteiger partial charge in [0.1, 0.15) is 0 Å². The number of benzene rings is 1. The third-order valence-corrected chi connectivity index (χ3v) is 2.64. The van der Waals surface area contributed by atoms with Crippen molar-refractivity contribution >= 4 is 10.9 Å². The Morgan fingerprint density at radius 2 is 2.12 bits per heavy atom. The van der Waals surface area contributed by atoms with Crippen LogP contribution in [0.1, 0.15) is 11.3 Å². The fourth-order valence-electron chi connectivity index (χ4n) is 1.76. The maximum atomic E-state index is 9.49. The van der Waals surface area contributed by atoms with Gasteiger partial charge in [-0.25, -0.2) is 0 Å². The van der Waals surface area contributed by atoms with Crippen molar-refractivity contribution in [3.05, 3.63) is 41.6 Å². The van der Waals surface area contributed by atoms with Crippen LogP contribution in [0.25, 0.3) is 10.9 Å². The van der Waals surface area contributed by atoms with Crippen molar-refractivity contribution in [3.63, 3.8) is 0 Å². The molecule has 0 saturated heterocycles. The highest BCUT2D eigenvalue weighted by Crippen LogP contribution is 2.15. The molecule has 0 fully saturated rings. The summed E-state index contributed by atoms with van der Waals surface area (Å²) in [4.78, 5) is 4.43. The van der Waals surface area contributed by atoms with Crippen molar-refractivity contribution in [2.24, 2.45) is 5.73 Å². The number of aliphatic hydroxyl groups is 1. The zero-order valence-electron chi connectivity index (χ0n) is 9.35. The Morgan fingerprint density at radius 3 is 2.88 bits per heavy atom. The largest absolute Gasteiger partial charge is 0.391 e. The average molecular weight is 216 g/mol. The second-order valence-electron chi connectivity index (χ2n) is 4.07. The first-order chi connectivity index (χ1) is 7.69. The number of aromatic nitrogens is 1. The van der Waals surface area contributed by atoms with Crippen molar-refractivity contribution in [1.29, 1.82) is 0 Å². The van der Waals surface area contributed by atoms with E-state index in [1.54, 1.807) is 0 Å². The summed E-state index contributed by atoms with van der Waals surface area (Å²) < 4.78 is 0. The van der Waals surface area contributed by atoms with Gasteiger partial charge < -0.3 is 10.8 Å². The zero-order valence-corrected chi connectivity index (χ0v) is 9.35. The highest BCUT2D eigenvalue weighted by Gasteiger charge is 2.04. The number of hydrogen-bond acceptors (Lipinski definition) is 3. The van der Waals surface area contributed by atoms with Gasteiger partial charge in [0, 0.05) is 17.6 Å². The summed E-state index contributed by atoms with van der Waals surface area (Å²) >= 11 is 0. The Morgan fingerprint density at radius 1 is 1.31 bits per heavy atom. The minimum absolute atomic E-state index is 0.296. The fraction of sp³-hybridized carbons (Fsp3) is 0.308. The Bertz CT molecular complexity index is 496. The van der Waals surface area contributed by atoms with E-state index in [0.717, 1.165) is 22.2 Å². The molecule has 1 heterocycles. The van der Waals surface area contributed by atoms with Crippen LogP contribution in [0, 0.1) is 6.92 Å². The van der Waals surface area contributed by atoms with Crippen LogP contribution in [-0.4, -0.2) is 22.7 Å². The molecule has 3 N–H and O–H groups in total. The van der Waals surface area contributed by atoms with E-state index < -0.39 is 6.10 Å². The van der Waals surface area contributed by atoms with Crippen LogP contribution in [0.5, 0.6) is 0 Å². The summed E-state index contributed by atoms with van der Waals surface area (Å²) in [6.07, 6.45) is 0.135. The summed E-state index contributed by atoms with van der Waals surface area (Å²) in [5.74, 6) is 0. The molecule has 1 aromatic carbocycles. The van der Waals surface area contributed by atoms with Gasteiger partial charge in [0.05, 0.1) is 11.6 Å². The van der Waals surface area contributed by atoms with Gasteiger partial charge >= 0.3 is 0 Å². The monoisotopic (exact) mass is 216 g/mol. The molecule has 1 aromatic heterocycles.